The van der Waals surface area contributed by atoms with Gasteiger partial charge in [0.05, 0.1) is 5.56 Å². The maximum atomic E-state index is 13.1. The molecule has 1 aromatic heterocycles. The van der Waals surface area contributed by atoms with Crippen LogP contribution in [0.25, 0.3) is 11.3 Å². The summed E-state index contributed by atoms with van der Waals surface area (Å²) in [4.78, 5) is 11.3. The lowest BCUT2D eigenvalue weighted by molar-refractivity contribution is 0.628. The van der Waals surface area contributed by atoms with Gasteiger partial charge in [-0.05, 0) is 12.1 Å². The molecule has 0 radical (unpaired) electrons. The highest BCUT2D eigenvalue weighted by Gasteiger charge is 2.09. The van der Waals surface area contributed by atoms with Gasteiger partial charge in [-0.3, -0.25) is 4.79 Å². The maximum Gasteiger partial charge on any atom is 0.267 e. The molecule has 0 N–H and O–H groups in total. The lowest BCUT2D eigenvalue weighted by Gasteiger charge is -2.04. The van der Waals surface area contributed by atoms with Crippen molar-refractivity contribution in [3.8, 4) is 17.3 Å². The van der Waals surface area contributed by atoms with E-state index in [0.717, 1.165) is 4.68 Å². The Kier molecular flexibility index (Phi) is 2.71. The van der Waals surface area contributed by atoms with E-state index in [4.69, 9.17) is 5.26 Å². The normalized spacial score (nSPS) is 9.94. The summed E-state index contributed by atoms with van der Waals surface area (Å²) < 4.78 is 14.2. The number of hydrogen-bond acceptors (Lipinski definition) is 3. The highest BCUT2D eigenvalue weighted by molar-refractivity contribution is 5.65. The average Bonchev–Trinajstić information content (AvgIpc) is 2.32. The molecule has 0 fully saturated rings. The number of nitriles is 1. The fourth-order valence-electron chi connectivity index (χ4n) is 1.47. The van der Waals surface area contributed by atoms with Crippen LogP contribution in [0.2, 0.25) is 0 Å². The minimum atomic E-state index is -0.415. The minimum absolute atomic E-state index is 0.138. The molecule has 0 saturated carbocycles. The fourth-order valence-corrected chi connectivity index (χ4v) is 1.47. The van der Waals surface area contributed by atoms with Crippen LogP contribution >= 0.6 is 0 Å². The largest absolute Gasteiger partial charge is 0.268 e. The van der Waals surface area contributed by atoms with E-state index in [9.17, 15) is 9.18 Å². The predicted molar refractivity (Wildman–Crippen MR) is 59.6 cm³/mol. The summed E-state index contributed by atoms with van der Waals surface area (Å²) in [7, 11) is 1.48. The van der Waals surface area contributed by atoms with Crippen LogP contribution in [0.4, 0.5) is 4.39 Å². The molecule has 0 spiro atoms. The van der Waals surface area contributed by atoms with Gasteiger partial charge >= 0.3 is 0 Å². The van der Waals surface area contributed by atoms with E-state index >= 15 is 0 Å². The molecule has 0 bridgehead atoms. The third-order valence-corrected chi connectivity index (χ3v) is 2.31. The molecule has 84 valence electrons. The zero-order valence-electron chi connectivity index (χ0n) is 9.01. The number of benzene rings is 1. The Morgan fingerprint density at radius 2 is 2.18 bits per heavy atom. The molecule has 0 amide bonds. The summed E-state index contributed by atoms with van der Waals surface area (Å²) >= 11 is 0. The lowest BCUT2D eigenvalue weighted by Crippen LogP contribution is -2.20. The van der Waals surface area contributed by atoms with Gasteiger partial charge < -0.3 is 0 Å². The van der Waals surface area contributed by atoms with Crippen LogP contribution in [0.1, 0.15) is 5.56 Å². The van der Waals surface area contributed by atoms with Crippen LogP contribution in [0.5, 0.6) is 0 Å². The Hall–Kier alpha value is -2.48. The van der Waals surface area contributed by atoms with E-state index in [2.05, 4.69) is 5.10 Å². The Balaban J connectivity index is 2.71. The molecule has 4 nitrogen and oxygen atoms in total. The molecule has 2 rings (SSSR count). The SMILES string of the molecule is Cn1nc(-c2cccc(F)c2)c(C#N)cc1=O. The van der Waals surface area contributed by atoms with Crippen LogP contribution in [-0.2, 0) is 7.05 Å². The summed E-state index contributed by atoms with van der Waals surface area (Å²) in [6.45, 7) is 0. The van der Waals surface area contributed by atoms with Gasteiger partial charge in [-0.1, -0.05) is 12.1 Å². The summed E-state index contributed by atoms with van der Waals surface area (Å²) in [5.41, 5.74) is 0.534. The molecule has 0 aliphatic carbocycles. The van der Waals surface area contributed by atoms with Gasteiger partial charge in [-0.2, -0.15) is 10.4 Å². The number of rotatable bonds is 1. The van der Waals surface area contributed by atoms with Crippen molar-refractivity contribution in [3.63, 3.8) is 0 Å². The fraction of sp³-hybridized carbons (Fsp3) is 0.0833. The van der Waals surface area contributed by atoms with Crippen molar-refractivity contribution in [3.05, 3.63) is 52.1 Å². The first-order valence-electron chi connectivity index (χ1n) is 4.86. The van der Waals surface area contributed by atoms with E-state index in [1.165, 1.54) is 31.3 Å². The smallest absolute Gasteiger partial charge is 0.267 e. The quantitative estimate of drug-likeness (QED) is 0.743. The molecule has 0 saturated heterocycles. The zero-order chi connectivity index (χ0) is 12.4. The summed E-state index contributed by atoms with van der Waals surface area (Å²) in [6.07, 6.45) is 0. The first-order chi connectivity index (χ1) is 8.11. The van der Waals surface area contributed by atoms with Crippen LogP contribution in [0, 0.1) is 17.1 Å². The van der Waals surface area contributed by atoms with Crippen molar-refractivity contribution in [1.29, 1.82) is 5.26 Å². The molecule has 0 unspecified atom stereocenters. The van der Waals surface area contributed by atoms with Crippen LogP contribution in [0.3, 0.4) is 0 Å². The zero-order valence-corrected chi connectivity index (χ0v) is 9.01. The van der Waals surface area contributed by atoms with Gasteiger partial charge in [-0.25, -0.2) is 9.07 Å². The van der Waals surface area contributed by atoms with Gasteiger partial charge in [0.1, 0.15) is 17.6 Å². The number of halogens is 1. The second-order valence-corrected chi connectivity index (χ2v) is 3.49. The molecule has 0 aliphatic rings. The third kappa shape index (κ3) is 2.06. The maximum absolute atomic E-state index is 13.1. The van der Waals surface area contributed by atoms with E-state index in [0.29, 0.717) is 11.3 Å². The van der Waals surface area contributed by atoms with Crippen LogP contribution < -0.4 is 5.56 Å². The van der Waals surface area contributed by atoms with Crippen molar-refractivity contribution < 1.29 is 4.39 Å². The van der Waals surface area contributed by atoms with Crippen LogP contribution in [0.15, 0.2) is 35.1 Å². The van der Waals surface area contributed by atoms with Gasteiger partial charge in [0, 0.05) is 18.7 Å². The summed E-state index contributed by atoms with van der Waals surface area (Å²) in [5, 5.41) is 12.9. The molecule has 5 heteroatoms. The Morgan fingerprint density at radius 3 is 2.82 bits per heavy atom. The second-order valence-electron chi connectivity index (χ2n) is 3.49. The molecular weight excluding hydrogens is 221 g/mol. The molecule has 1 heterocycles. The molecule has 0 aliphatic heterocycles. The molecule has 1 aromatic carbocycles. The van der Waals surface area contributed by atoms with Gasteiger partial charge in [0.15, 0.2) is 0 Å². The third-order valence-electron chi connectivity index (χ3n) is 2.31. The summed E-state index contributed by atoms with van der Waals surface area (Å²) in [6, 6.07) is 8.81. The number of nitrogens with zero attached hydrogens (tertiary/aromatic N) is 3. The minimum Gasteiger partial charge on any atom is -0.268 e. The van der Waals surface area contributed by atoms with Gasteiger partial charge in [0.25, 0.3) is 5.56 Å². The predicted octanol–water partition coefficient (Wildman–Crippen LogP) is 1.46. The van der Waals surface area contributed by atoms with Crippen molar-refractivity contribution >= 4 is 0 Å². The number of hydrogen-bond donors (Lipinski definition) is 0. The topological polar surface area (TPSA) is 58.7 Å². The van der Waals surface area contributed by atoms with E-state index in [1.807, 2.05) is 6.07 Å². The van der Waals surface area contributed by atoms with Crippen molar-refractivity contribution in [1.82, 2.24) is 9.78 Å². The second kappa shape index (κ2) is 4.18. The monoisotopic (exact) mass is 229 g/mol. The van der Waals surface area contributed by atoms with E-state index < -0.39 is 5.82 Å². The Labute approximate surface area is 96.6 Å². The highest BCUT2D eigenvalue weighted by Crippen LogP contribution is 2.19. The standard InChI is InChI=1S/C12H8FN3O/c1-16-11(17)6-9(7-14)12(15-16)8-3-2-4-10(13)5-8/h2-6H,1H3. The number of aryl methyl sites for hydroxylation is 1. The summed E-state index contributed by atoms with van der Waals surface area (Å²) in [5.74, 6) is -0.415. The van der Waals surface area contributed by atoms with Crippen LogP contribution in [-0.4, -0.2) is 9.78 Å². The molecular formula is C12H8FN3O. The van der Waals surface area contributed by atoms with Gasteiger partial charge in [0.2, 0.25) is 0 Å². The first-order valence-corrected chi connectivity index (χ1v) is 4.86. The molecule has 2 aromatic rings. The van der Waals surface area contributed by atoms with Gasteiger partial charge in [-0.15, -0.1) is 0 Å². The highest BCUT2D eigenvalue weighted by atomic mass is 19.1. The van der Waals surface area contributed by atoms with E-state index in [1.54, 1.807) is 6.07 Å². The first kappa shape index (κ1) is 11.0. The Morgan fingerprint density at radius 1 is 1.41 bits per heavy atom. The number of aromatic nitrogens is 2. The molecule has 0 atom stereocenters. The Bertz CT molecular complexity index is 670. The van der Waals surface area contributed by atoms with Crippen molar-refractivity contribution in [2.45, 2.75) is 0 Å². The van der Waals surface area contributed by atoms with E-state index in [-0.39, 0.29) is 11.1 Å². The lowest BCUT2D eigenvalue weighted by atomic mass is 10.1. The molecule has 17 heavy (non-hydrogen) atoms. The average molecular weight is 229 g/mol. The van der Waals surface area contributed by atoms with Crippen molar-refractivity contribution in [2.75, 3.05) is 0 Å². The van der Waals surface area contributed by atoms with Crippen molar-refractivity contribution in [2.24, 2.45) is 7.05 Å².